The lowest BCUT2D eigenvalue weighted by molar-refractivity contribution is 0.0975. The van der Waals surface area contributed by atoms with Gasteiger partial charge in [0.1, 0.15) is 12.4 Å². The van der Waals surface area contributed by atoms with E-state index in [-0.39, 0.29) is 0 Å². The standard InChI is InChI=1S/C16H24BrNO/c1-3-14-5-4-13(2)18(12-14)10-11-19-16-8-6-15(17)7-9-16/h6-9,13-14H,3-5,10-12H2,1-2H3. The van der Waals surface area contributed by atoms with Crippen LogP contribution >= 0.6 is 15.9 Å². The molecule has 1 aromatic rings. The Morgan fingerprint density at radius 1 is 1.26 bits per heavy atom. The fraction of sp³-hybridized carbons (Fsp3) is 0.625. The third-order valence-corrected chi connectivity index (χ3v) is 4.68. The van der Waals surface area contributed by atoms with E-state index in [4.69, 9.17) is 4.74 Å². The number of nitrogens with zero attached hydrogens (tertiary/aromatic N) is 1. The molecule has 0 N–H and O–H groups in total. The van der Waals surface area contributed by atoms with Crippen LogP contribution in [0.4, 0.5) is 0 Å². The van der Waals surface area contributed by atoms with E-state index in [1.165, 1.54) is 25.8 Å². The molecule has 0 amide bonds. The summed E-state index contributed by atoms with van der Waals surface area (Å²) in [5.74, 6) is 1.84. The van der Waals surface area contributed by atoms with Gasteiger partial charge in [-0.1, -0.05) is 29.3 Å². The number of ether oxygens (including phenoxy) is 1. The molecule has 0 bridgehead atoms. The number of halogens is 1. The van der Waals surface area contributed by atoms with Gasteiger partial charge in [-0.05, 0) is 49.9 Å². The molecule has 1 fully saturated rings. The van der Waals surface area contributed by atoms with Gasteiger partial charge in [-0.3, -0.25) is 4.90 Å². The molecule has 2 unspecified atom stereocenters. The zero-order valence-corrected chi connectivity index (χ0v) is 13.5. The molecule has 2 nitrogen and oxygen atoms in total. The zero-order chi connectivity index (χ0) is 13.7. The normalized spacial score (nSPS) is 24.4. The van der Waals surface area contributed by atoms with Gasteiger partial charge in [-0.15, -0.1) is 0 Å². The van der Waals surface area contributed by atoms with Gasteiger partial charge < -0.3 is 4.74 Å². The summed E-state index contributed by atoms with van der Waals surface area (Å²) in [5, 5.41) is 0. The van der Waals surface area contributed by atoms with Gasteiger partial charge in [-0.25, -0.2) is 0 Å². The third-order valence-electron chi connectivity index (χ3n) is 4.15. The van der Waals surface area contributed by atoms with Gasteiger partial charge >= 0.3 is 0 Å². The SMILES string of the molecule is CCC1CCC(C)N(CCOc2ccc(Br)cc2)C1. The summed E-state index contributed by atoms with van der Waals surface area (Å²) in [5.41, 5.74) is 0. The van der Waals surface area contributed by atoms with Crippen LogP contribution in [0.5, 0.6) is 5.75 Å². The summed E-state index contributed by atoms with van der Waals surface area (Å²) >= 11 is 3.43. The largest absolute Gasteiger partial charge is 0.492 e. The van der Waals surface area contributed by atoms with E-state index < -0.39 is 0 Å². The van der Waals surface area contributed by atoms with Crippen molar-refractivity contribution in [3.63, 3.8) is 0 Å². The van der Waals surface area contributed by atoms with Crippen LogP contribution < -0.4 is 4.74 Å². The summed E-state index contributed by atoms with van der Waals surface area (Å²) < 4.78 is 6.91. The molecule has 0 aliphatic carbocycles. The van der Waals surface area contributed by atoms with Crippen LogP contribution in [-0.2, 0) is 0 Å². The third kappa shape index (κ3) is 4.50. The molecule has 0 spiro atoms. The Bertz CT molecular complexity index is 379. The van der Waals surface area contributed by atoms with E-state index in [0.29, 0.717) is 6.04 Å². The molecule has 1 aliphatic rings. The summed E-state index contributed by atoms with van der Waals surface area (Å²) in [6.07, 6.45) is 4.02. The molecule has 3 heteroatoms. The van der Waals surface area contributed by atoms with Crippen molar-refractivity contribution in [3.05, 3.63) is 28.7 Å². The highest BCUT2D eigenvalue weighted by Crippen LogP contribution is 2.23. The maximum absolute atomic E-state index is 5.82. The molecule has 0 saturated carbocycles. The lowest BCUT2D eigenvalue weighted by Crippen LogP contribution is -2.43. The van der Waals surface area contributed by atoms with E-state index in [1.807, 2.05) is 24.3 Å². The Morgan fingerprint density at radius 2 is 2.00 bits per heavy atom. The topological polar surface area (TPSA) is 12.5 Å². The highest BCUT2D eigenvalue weighted by Gasteiger charge is 2.23. The second-order valence-corrected chi connectivity index (χ2v) is 6.41. The lowest BCUT2D eigenvalue weighted by Gasteiger charge is -2.37. The van der Waals surface area contributed by atoms with E-state index >= 15 is 0 Å². The molecule has 0 radical (unpaired) electrons. The average Bonchev–Trinajstić information content (AvgIpc) is 2.43. The van der Waals surface area contributed by atoms with Crippen molar-refractivity contribution in [1.29, 1.82) is 0 Å². The maximum atomic E-state index is 5.82. The smallest absolute Gasteiger partial charge is 0.119 e. The summed E-state index contributed by atoms with van der Waals surface area (Å²) in [7, 11) is 0. The highest BCUT2D eigenvalue weighted by molar-refractivity contribution is 9.10. The predicted octanol–water partition coefficient (Wildman–Crippen LogP) is 4.34. The first-order valence-corrected chi connectivity index (χ1v) is 8.10. The molecule has 1 aromatic carbocycles. The Kier molecular flexibility index (Phi) is 5.71. The molecular formula is C16H24BrNO. The number of likely N-dealkylation sites (tertiary alicyclic amines) is 1. The highest BCUT2D eigenvalue weighted by atomic mass is 79.9. The van der Waals surface area contributed by atoms with Crippen LogP contribution in [0, 0.1) is 5.92 Å². The molecule has 2 rings (SSSR count). The van der Waals surface area contributed by atoms with Crippen molar-refractivity contribution in [1.82, 2.24) is 4.90 Å². The van der Waals surface area contributed by atoms with Crippen molar-refractivity contribution >= 4 is 15.9 Å². The minimum Gasteiger partial charge on any atom is -0.492 e. The summed E-state index contributed by atoms with van der Waals surface area (Å²) in [4.78, 5) is 2.58. The minimum atomic E-state index is 0.705. The quantitative estimate of drug-likeness (QED) is 0.798. The molecule has 2 atom stereocenters. The Labute approximate surface area is 125 Å². The second-order valence-electron chi connectivity index (χ2n) is 5.50. The van der Waals surface area contributed by atoms with E-state index in [1.54, 1.807) is 0 Å². The van der Waals surface area contributed by atoms with Crippen molar-refractivity contribution in [2.75, 3.05) is 19.7 Å². The van der Waals surface area contributed by atoms with Crippen LogP contribution in [0.3, 0.4) is 0 Å². The molecular weight excluding hydrogens is 302 g/mol. The van der Waals surface area contributed by atoms with E-state index in [9.17, 15) is 0 Å². The van der Waals surface area contributed by atoms with Gasteiger partial charge in [0.2, 0.25) is 0 Å². The first kappa shape index (κ1) is 14.9. The monoisotopic (exact) mass is 325 g/mol. The van der Waals surface area contributed by atoms with E-state index in [2.05, 4.69) is 34.7 Å². The Hall–Kier alpha value is -0.540. The number of hydrogen-bond acceptors (Lipinski definition) is 2. The van der Waals surface area contributed by atoms with Crippen molar-refractivity contribution in [2.45, 2.75) is 39.2 Å². The van der Waals surface area contributed by atoms with Gasteiger partial charge in [0, 0.05) is 23.6 Å². The maximum Gasteiger partial charge on any atom is 0.119 e. The van der Waals surface area contributed by atoms with Crippen LogP contribution in [-0.4, -0.2) is 30.6 Å². The minimum absolute atomic E-state index is 0.705. The zero-order valence-electron chi connectivity index (χ0n) is 11.9. The van der Waals surface area contributed by atoms with Crippen molar-refractivity contribution in [3.8, 4) is 5.75 Å². The Morgan fingerprint density at radius 3 is 2.68 bits per heavy atom. The van der Waals surface area contributed by atoms with Crippen molar-refractivity contribution < 1.29 is 4.74 Å². The fourth-order valence-electron chi connectivity index (χ4n) is 2.72. The fourth-order valence-corrected chi connectivity index (χ4v) is 2.98. The lowest BCUT2D eigenvalue weighted by atomic mass is 9.92. The average molecular weight is 326 g/mol. The number of hydrogen-bond donors (Lipinski definition) is 0. The van der Waals surface area contributed by atoms with Gasteiger partial charge in [0.05, 0.1) is 0 Å². The molecule has 19 heavy (non-hydrogen) atoms. The molecule has 1 heterocycles. The first-order chi connectivity index (χ1) is 9.19. The van der Waals surface area contributed by atoms with Gasteiger partial charge in [-0.2, -0.15) is 0 Å². The molecule has 1 aliphatic heterocycles. The number of rotatable bonds is 5. The molecule has 1 saturated heterocycles. The number of benzene rings is 1. The summed E-state index contributed by atoms with van der Waals surface area (Å²) in [6, 6.07) is 8.77. The van der Waals surface area contributed by atoms with E-state index in [0.717, 1.165) is 29.3 Å². The first-order valence-electron chi connectivity index (χ1n) is 7.31. The predicted molar refractivity (Wildman–Crippen MR) is 83.7 cm³/mol. The molecule has 106 valence electrons. The van der Waals surface area contributed by atoms with Gasteiger partial charge in [0.15, 0.2) is 0 Å². The van der Waals surface area contributed by atoms with Gasteiger partial charge in [0.25, 0.3) is 0 Å². The van der Waals surface area contributed by atoms with Crippen LogP contribution in [0.15, 0.2) is 28.7 Å². The van der Waals surface area contributed by atoms with Crippen LogP contribution in [0.2, 0.25) is 0 Å². The second kappa shape index (κ2) is 7.30. The summed E-state index contributed by atoms with van der Waals surface area (Å²) in [6.45, 7) is 7.69. The van der Waals surface area contributed by atoms with Crippen molar-refractivity contribution in [2.24, 2.45) is 5.92 Å². The van der Waals surface area contributed by atoms with Crippen LogP contribution in [0.1, 0.15) is 33.1 Å². The molecule has 0 aromatic heterocycles. The Balaban J connectivity index is 1.76. The van der Waals surface area contributed by atoms with Crippen LogP contribution in [0.25, 0.3) is 0 Å². The number of piperidine rings is 1.